The maximum atomic E-state index is 2.30. The van der Waals surface area contributed by atoms with E-state index in [2.05, 4.69) is 28.1 Å². The van der Waals surface area contributed by atoms with Crippen molar-refractivity contribution in [2.45, 2.75) is 161 Å². The Hall–Kier alpha value is -0.0400. The largest absolute Gasteiger partial charge is 0.331 e. The standard InChI is InChI=1S/C29H62N/c1-5-6-7-8-9-10-11-12-13-14-15-16-17-18-19-20-21-22-23-24-25-26-27-28-29-30(2,3)4/h5-29H2,1-4H3/q+1. The predicted molar refractivity (Wildman–Crippen MR) is 139 cm³/mol. The van der Waals surface area contributed by atoms with E-state index in [1.54, 1.807) is 0 Å². The summed E-state index contributed by atoms with van der Waals surface area (Å²) in [6.07, 6.45) is 35.3. The van der Waals surface area contributed by atoms with Crippen molar-refractivity contribution in [2.75, 3.05) is 27.7 Å². The number of quaternary nitrogens is 1. The molecular formula is C29H62N+. The minimum atomic E-state index is 1.12. The molecule has 0 spiro atoms. The second-order valence-corrected chi connectivity index (χ2v) is 11.1. The van der Waals surface area contributed by atoms with E-state index in [4.69, 9.17) is 0 Å². The molecule has 0 rings (SSSR count). The van der Waals surface area contributed by atoms with Gasteiger partial charge in [0.2, 0.25) is 0 Å². The maximum Gasteiger partial charge on any atom is 0.0780 e. The van der Waals surface area contributed by atoms with E-state index in [1.165, 1.54) is 161 Å². The topological polar surface area (TPSA) is 0 Å². The van der Waals surface area contributed by atoms with Gasteiger partial charge in [-0.25, -0.2) is 0 Å². The zero-order valence-electron chi connectivity index (χ0n) is 22.1. The first-order chi connectivity index (χ1) is 14.6. The summed E-state index contributed by atoms with van der Waals surface area (Å²) in [6, 6.07) is 0. The molecule has 0 aliphatic rings. The summed E-state index contributed by atoms with van der Waals surface area (Å²) < 4.78 is 1.12. The number of rotatable bonds is 25. The highest BCUT2D eigenvalue weighted by molar-refractivity contribution is 4.51. The van der Waals surface area contributed by atoms with E-state index in [0.29, 0.717) is 0 Å². The summed E-state index contributed by atoms with van der Waals surface area (Å²) >= 11 is 0. The van der Waals surface area contributed by atoms with Crippen molar-refractivity contribution in [3.8, 4) is 0 Å². The van der Waals surface area contributed by atoms with Crippen LogP contribution in [0.5, 0.6) is 0 Å². The van der Waals surface area contributed by atoms with Crippen molar-refractivity contribution >= 4 is 0 Å². The Morgan fingerprint density at radius 1 is 0.300 bits per heavy atom. The monoisotopic (exact) mass is 424 g/mol. The molecule has 0 atom stereocenters. The van der Waals surface area contributed by atoms with Gasteiger partial charge in [0.05, 0.1) is 27.7 Å². The lowest BCUT2D eigenvalue weighted by molar-refractivity contribution is -0.870. The molecule has 0 radical (unpaired) electrons. The number of nitrogens with zero attached hydrogens (tertiary/aromatic N) is 1. The molecule has 0 unspecified atom stereocenters. The summed E-state index contributed by atoms with van der Waals surface area (Å²) in [5.41, 5.74) is 0. The van der Waals surface area contributed by atoms with Crippen molar-refractivity contribution in [3.63, 3.8) is 0 Å². The lowest BCUT2D eigenvalue weighted by Gasteiger charge is -2.23. The van der Waals surface area contributed by atoms with Crippen LogP contribution in [0.25, 0.3) is 0 Å². The average molecular weight is 425 g/mol. The first kappa shape index (κ1) is 30.0. The lowest BCUT2D eigenvalue weighted by Crippen LogP contribution is -2.35. The highest BCUT2D eigenvalue weighted by Gasteiger charge is 2.05. The molecule has 0 aliphatic heterocycles. The zero-order valence-corrected chi connectivity index (χ0v) is 22.1. The Kier molecular flexibility index (Phi) is 23.6. The van der Waals surface area contributed by atoms with E-state index in [0.717, 1.165) is 4.48 Å². The number of hydrogen-bond donors (Lipinski definition) is 0. The fourth-order valence-corrected chi connectivity index (χ4v) is 4.55. The van der Waals surface area contributed by atoms with Crippen LogP contribution in [0.2, 0.25) is 0 Å². The number of hydrogen-bond acceptors (Lipinski definition) is 0. The molecule has 0 aliphatic carbocycles. The molecule has 0 aromatic heterocycles. The van der Waals surface area contributed by atoms with Crippen LogP contribution in [0, 0.1) is 0 Å². The van der Waals surface area contributed by atoms with Gasteiger partial charge in [0.1, 0.15) is 0 Å². The second kappa shape index (κ2) is 23.6. The highest BCUT2D eigenvalue weighted by Crippen LogP contribution is 2.15. The van der Waals surface area contributed by atoms with Crippen LogP contribution in [-0.2, 0) is 0 Å². The van der Waals surface area contributed by atoms with Gasteiger partial charge in [-0.2, -0.15) is 0 Å². The smallest absolute Gasteiger partial charge is 0.0780 e. The van der Waals surface area contributed by atoms with Gasteiger partial charge in [0.15, 0.2) is 0 Å². The molecular weight excluding hydrogens is 362 g/mol. The van der Waals surface area contributed by atoms with Crippen molar-refractivity contribution in [3.05, 3.63) is 0 Å². The van der Waals surface area contributed by atoms with Gasteiger partial charge >= 0.3 is 0 Å². The molecule has 0 amide bonds. The maximum absolute atomic E-state index is 2.30. The molecule has 0 aromatic rings. The molecule has 0 fully saturated rings. The third kappa shape index (κ3) is 28.0. The third-order valence-corrected chi connectivity index (χ3v) is 6.68. The first-order valence-corrected chi connectivity index (χ1v) is 14.4. The molecule has 0 heterocycles. The van der Waals surface area contributed by atoms with Gasteiger partial charge in [-0.05, 0) is 12.8 Å². The summed E-state index contributed by atoms with van der Waals surface area (Å²) in [6.45, 7) is 3.64. The van der Waals surface area contributed by atoms with Gasteiger partial charge < -0.3 is 4.48 Å². The van der Waals surface area contributed by atoms with Crippen molar-refractivity contribution < 1.29 is 4.48 Å². The van der Waals surface area contributed by atoms with E-state index in [-0.39, 0.29) is 0 Å². The molecule has 0 saturated heterocycles. The summed E-state index contributed by atoms with van der Waals surface area (Å²) in [7, 11) is 6.91. The molecule has 182 valence electrons. The Balaban J connectivity index is 3.02. The fraction of sp³-hybridized carbons (Fsp3) is 1.00. The van der Waals surface area contributed by atoms with Crippen molar-refractivity contribution in [1.29, 1.82) is 0 Å². The molecule has 1 nitrogen and oxygen atoms in total. The van der Waals surface area contributed by atoms with Crippen LogP contribution in [0.3, 0.4) is 0 Å². The quantitative estimate of drug-likeness (QED) is 0.101. The Labute approximate surface area is 193 Å². The van der Waals surface area contributed by atoms with Gasteiger partial charge in [-0.15, -0.1) is 0 Å². The molecule has 0 N–H and O–H groups in total. The second-order valence-electron chi connectivity index (χ2n) is 11.1. The lowest BCUT2D eigenvalue weighted by atomic mass is 10.0. The van der Waals surface area contributed by atoms with Crippen LogP contribution in [0.1, 0.15) is 161 Å². The van der Waals surface area contributed by atoms with Gasteiger partial charge in [0, 0.05) is 0 Å². The molecule has 0 aromatic carbocycles. The van der Waals surface area contributed by atoms with Crippen molar-refractivity contribution in [1.82, 2.24) is 0 Å². The predicted octanol–water partition coefficient (Wildman–Crippen LogP) is 10.1. The molecule has 0 bridgehead atoms. The van der Waals surface area contributed by atoms with Gasteiger partial charge in [-0.3, -0.25) is 0 Å². The molecule has 30 heavy (non-hydrogen) atoms. The van der Waals surface area contributed by atoms with E-state index in [1.807, 2.05) is 0 Å². The van der Waals surface area contributed by atoms with Crippen LogP contribution in [-0.4, -0.2) is 32.2 Å². The fourth-order valence-electron chi connectivity index (χ4n) is 4.55. The molecule has 0 saturated carbocycles. The average Bonchev–Trinajstić information content (AvgIpc) is 2.70. The minimum Gasteiger partial charge on any atom is -0.331 e. The summed E-state index contributed by atoms with van der Waals surface area (Å²) in [4.78, 5) is 0. The first-order valence-electron chi connectivity index (χ1n) is 14.4. The van der Waals surface area contributed by atoms with Crippen LogP contribution >= 0.6 is 0 Å². The van der Waals surface area contributed by atoms with Crippen LogP contribution in [0.15, 0.2) is 0 Å². The summed E-state index contributed by atoms with van der Waals surface area (Å²) in [5.74, 6) is 0. The van der Waals surface area contributed by atoms with Crippen LogP contribution in [0.4, 0.5) is 0 Å². The highest BCUT2D eigenvalue weighted by atomic mass is 15.3. The Morgan fingerprint density at radius 2 is 0.500 bits per heavy atom. The van der Waals surface area contributed by atoms with Gasteiger partial charge in [0.25, 0.3) is 0 Å². The minimum absolute atomic E-state index is 1.12. The van der Waals surface area contributed by atoms with E-state index < -0.39 is 0 Å². The normalized spacial score (nSPS) is 12.0. The Bertz CT molecular complexity index is 304. The van der Waals surface area contributed by atoms with Gasteiger partial charge in [-0.1, -0.05) is 148 Å². The zero-order chi connectivity index (χ0) is 22.2. The summed E-state index contributed by atoms with van der Waals surface area (Å²) in [5, 5.41) is 0. The number of unbranched alkanes of at least 4 members (excludes halogenated alkanes) is 23. The third-order valence-electron chi connectivity index (χ3n) is 6.68. The molecule has 1 heteroatoms. The van der Waals surface area contributed by atoms with Crippen molar-refractivity contribution in [2.24, 2.45) is 0 Å². The SMILES string of the molecule is CCCCCCCCCCCCCCCCCCCCCCCCCC[N+](C)(C)C. The Morgan fingerprint density at radius 3 is 0.700 bits per heavy atom. The van der Waals surface area contributed by atoms with E-state index >= 15 is 0 Å². The van der Waals surface area contributed by atoms with E-state index in [9.17, 15) is 0 Å². The van der Waals surface area contributed by atoms with Crippen LogP contribution < -0.4 is 0 Å².